The van der Waals surface area contributed by atoms with Gasteiger partial charge in [0.05, 0.1) is 0 Å². The van der Waals surface area contributed by atoms with E-state index in [9.17, 15) is 0 Å². The van der Waals surface area contributed by atoms with Crippen LogP contribution in [0.5, 0.6) is 0 Å². The number of benzene rings is 1. The van der Waals surface area contributed by atoms with Gasteiger partial charge in [-0.3, -0.25) is 0 Å². The predicted octanol–water partition coefficient (Wildman–Crippen LogP) is 7.99. The first-order valence-corrected chi connectivity index (χ1v) is 11.4. The molecule has 1 aliphatic carbocycles. The molecule has 1 aromatic heterocycles. The molecule has 1 aromatic carbocycles. The molecule has 2 aromatic rings. The SMILES string of the molecule is CCC(=C\C=C(/C)c1nnc(/C(C)=C/C=C(\C)c2ccccc2)o1)/C1=C/C=C(/C)CC#CC1. The lowest BCUT2D eigenvalue weighted by molar-refractivity contribution is 0.524. The molecule has 3 rings (SSSR count). The third kappa shape index (κ3) is 6.92. The van der Waals surface area contributed by atoms with Gasteiger partial charge in [0.2, 0.25) is 11.8 Å². The lowest BCUT2D eigenvalue weighted by Gasteiger charge is -2.08. The van der Waals surface area contributed by atoms with Gasteiger partial charge in [0.15, 0.2) is 0 Å². The molecule has 0 saturated carbocycles. The molecular weight excluding hydrogens is 404 g/mol. The Morgan fingerprint density at radius 2 is 1.45 bits per heavy atom. The van der Waals surface area contributed by atoms with E-state index in [2.05, 4.69) is 85.3 Å². The Kier molecular flexibility index (Phi) is 8.61. The fourth-order valence-electron chi connectivity index (χ4n) is 3.35. The average molecular weight is 437 g/mol. The van der Waals surface area contributed by atoms with E-state index in [1.54, 1.807) is 0 Å². The first-order valence-electron chi connectivity index (χ1n) is 11.4. The zero-order chi connectivity index (χ0) is 23.6. The molecule has 0 bridgehead atoms. The summed E-state index contributed by atoms with van der Waals surface area (Å²) >= 11 is 0. The molecule has 3 nitrogen and oxygen atoms in total. The molecule has 1 aliphatic rings. The molecule has 0 saturated heterocycles. The summed E-state index contributed by atoms with van der Waals surface area (Å²) in [7, 11) is 0. The molecular formula is C30H32N2O. The smallest absolute Gasteiger partial charge is 0.243 e. The summed E-state index contributed by atoms with van der Waals surface area (Å²) < 4.78 is 5.94. The van der Waals surface area contributed by atoms with E-state index in [4.69, 9.17) is 4.42 Å². The number of aromatic nitrogens is 2. The maximum Gasteiger partial charge on any atom is 0.243 e. The fourth-order valence-corrected chi connectivity index (χ4v) is 3.35. The number of allylic oxidation sites excluding steroid dienone is 12. The number of hydrogen-bond donors (Lipinski definition) is 0. The quantitative estimate of drug-likeness (QED) is 0.326. The summed E-state index contributed by atoms with van der Waals surface area (Å²) in [6, 6.07) is 10.3. The molecule has 0 aliphatic heterocycles. The van der Waals surface area contributed by atoms with Crippen molar-refractivity contribution in [2.24, 2.45) is 0 Å². The molecule has 3 heteroatoms. The Hall–Kier alpha value is -3.64. The molecule has 0 unspecified atom stereocenters. The minimum Gasteiger partial charge on any atom is -0.417 e. The predicted molar refractivity (Wildman–Crippen MR) is 139 cm³/mol. The van der Waals surface area contributed by atoms with E-state index >= 15 is 0 Å². The highest BCUT2D eigenvalue weighted by Gasteiger charge is 2.09. The third-order valence-electron chi connectivity index (χ3n) is 5.58. The zero-order valence-corrected chi connectivity index (χ0v) is 20.3. The van der Waals surface area contributed by atoms with Crippen LogP contribution in [0.15, 0.2) is 87.9 Å². The molecule has 33 heavy (non-hydrogen) atoms. The third-order valence-corrected chi connectivity index (χ3v) is 5.58. The summed E-state index contributed by atoms with van der Waals surface area (Å²) in [5.74, 6) is 7.58. The Bertz CT molecular complexity index is 1220. The van der Waals surface area contributed by atoms with Crippen LogP contribution in [0.2, 0.25) is 0 Å². The van der Waals surface area contributed by atoms with Gasteiger partial charge >= 0.3 is 0 Å². The normalized spacial score (nSPS) is 18.9. The van der Waals surface area contributed by atoms with Crippen molar-refractivity contribution in [2.45, 2.75) is 53.9 Å². The van der Waals surface area contributed by atoms with Crippen molar-refractivity contribution >= 4 is 16.7 Å². The molecule has 0 radical (unpaired) electrons. The van der Waals surface area contributed by atoms with E-state index in [-0.39, 0.29) is 0 Å². The second kappa shape index (κ2) is 11.8. The Balaban J connectivity index is 1.77. The molecule has 0 atom stereocenters. The van der Waals surface area contributed by atoms with Crippen molar-refractivity contribution in [3.63, 3.8) is 0 Å². The second-order valence-corrected chi connectivity index (χ2v) is 8.28. The van der Waals surface area contributed by atoms with Gasteiger partial charge in [-0.25, -0.2) is 0 Å². The van der Waals surface area contributed by atoms with Crippen molar-refractivity contribution in [1.82, 2.24) is 10.2 Å². The topological polar surface area (TPSA) is 38.9 Å². The van der Waals surface area contributed by atoms with Gasteiger partial charge in [-0.15, -0.1) is 10.2 Å². The van der Waals surface area contributed by atoms with Crippen molar-refractivity contribution < 1.29 is 4.42 Å². The Morgan fingerprint density at radius 3 is 2.12 bits per heavy atom. The molecule has 0 N–H and O–H groups in total. The standard InChI is InChI=1S/C30H32N2O/c1-6-26(28-15-11-10-12-22(2)16-20-28)21-19-25(5)30-32-31-29(33-30)24(4)18-17-23(3)27-13-8-7-9-14-27/h7-9,13-14,16-21H,6,12,15H2,1-5H3/b22-16-,23-17+,24-18+,25-19+,26-21+,28-20+. The van der Waals surface area contributed by atoms with Crippen LogP contribution in [0.1, 0.15) is 71.2 Å². The van der Waals surface area contributed by atoms with Gasteiger partial charge in [-0.1, -0.05) is 91.1 Å². The summed E-state index contributed by atoms with van der Waals surface area (Å²) in [5.41, 5.74) is 8.07. The number of nitrogens with zero attached hydrogens (tertiary/aromatic N) is 2. The lowest BCUT2D eigenvalue weighted by Crippen LogP contribution is -1.90. The second-order valence-electron chi connectivity index (χ2n) is 8.28. The molecule has 168 valence electrons. The van der Waals surface area contributed by atoms with E-state index in [0.29, 0.717) is 11.8 Å². The van der Waals surface area contributed by atoms with Crippen LogP contribution in [-0.4, -0.2) is 10.2 Å². The van der Waals surface area contributed by atoms with E-state index in [1.807, 2.05) is 38.1 Å². The van der Waals surface area contributed by atoms with Gasteiger partial charge in [0.1, 0.15) is 0 Å². The van der Waals surface area contributed by atoms with Crippen molar-refractivity contribution in [1.29, 1.82) is 0 Å². The van der Waals surface area contributed by atoms with E-state index in [1.165, 1.54) is 27.9 Å². The molecule has 0 amide bonds. The van der Waals surface area contributed by atoms with E-state index < -0.39 is 0 Å². The van der Waals surface area contributed by atoms with Crippen LogP contribution in [0.4, 0.5) is 0 Å². The molecule has 1 heterocycles. The van der Waals surface area contributed by atoms with Crippen LogP contribution < -0.4 is 0 Å². The summed E-state index contributed by atoms with van der Waals surface area (Å²) in [4.78, 5) is 0. The van der Waals surface area contributed by atoms with Gasteiger partial charge in [-0.2, -0.15) is 0 Å². The summed E-state index contributed by atoms with van der Waals surface area (Å²) in [5, 5.41) is 8.50. The maximum atomic E-state index is 5.94. The van der Waals surface area contributed by atoms with Gasteiger partial charge in [0, 0.05) is 24.0 Å². The molecule has 0 spiro atoms. The zero-order valence-electron chi connectivity index (χ0n) is 20.3. The number of hydrogen-bond acceptors (Lipinski definition) is 3. The highest BCUT2D eigenvalue weighted by Crippen LogP contribution is 2.23. The largest absolute Gasteiger partial charge is 0.417 e. The summed E-state index contributed by atoms with van der Waals surface area (Å²) in [6.45, 7) is 10.4. The highest BCUT2D eigenvalue weighted by atomic mass is 16.4. The highest BCUT2D eigenvalue weighted by molar-refractivity contribution is 5.69. The van der Waals surface area contributed by atoms with Crippen LogP contribution in [0.3, 0.4) is 0 Å². The van der Waals surface area contributed by atoms with Gasteiger partial charge in [-0.05, 0) is 56.4 Å². The van der Waals surface area contributed by atoms with Gasteiger partial charge < -0.3 is 4.42 Å². The van der Waals surface area contributed by atoms with Crippen molar-refractivity contribution in [3.05, 3.63) is 101 Å². The maximum absolute atomic E-state index is 5.94. The lowest BCUT2D eigenvalue weighted by atomic mass is 9.97. The summed E-state index contributed by atoms with van der Waals surface area (Å²) in [6.07, 6.45) is 15.2. The first kappa shape index (κ1) is 24.0. The van der Waals surface area contributed by atoms with Crippen LogP contribution in [-0.2, 0) is 0 Å². The minimum absolute atomic E-state index is 0.535. The molecule has 0 fully saturated rings. The van der Waals surface area contributed by atoms with Crippen molar-refractivity contribution in [3.8, 4) is 11.8 Å². The monoisotopic (exact) mass is 436 g/mol. The van der Waals surface area contributed by atoms with Crippen LogP contribution >= 0.6 is 0 Å². The fraction of sp³-hybridized carbons (Fsp3) is 0.267. The number of rotatable bonds is 7. The van der Waals surface area contributed by atoms with Crippen LogP contribution in [0, 0.1) is 11.8 Å². The van der Waals surface area contributed by atoms with Crippen molar-refractivity contribution in [2.75, 3.05) is 0 Å². The first-order chi connectivity index (χ1) is 16.0. The van der Waals surface area contributed by atoms with Crippen LogP contribution in [0.25, 0.3) is 16.7 Å². The Morgan fingerprint density at radius 1 is 0.848 bits per heavy atom. The average Bonchev–Trinajstić information content (AvgIpc) is 3.32. The van der Waals surface area contributed by atoms with Gasteiger partial charge in [0.25, 0.3) is 0 Å². The van der Waals surface area contributed by atoms with E-state index in [0.717, 1.165) is 30.4 Å². The minimum atomic E-state index is 0.535. The Labute approximate surface area is 198 Å².